The number of imide groups is 1. The first-order chi connectivity index (χ1) is 11.5. The number of rotatable bonds is 3. The Morgan fingerprint density at radius 2 is 1.71 bits per heavy atom. The Kier molecular flexibility index (Phi) is 4.16. The van der Waals surface area contributed by atoms with Gasteiger partial charge in [0.15, 0.2) is 0 Å². The summed E-state index contributed by atoms with van der Waals surface area (Å²) in [5, 5.41) is 2.57. The van der Waals surface area contributed by atoms with E-state index in [-0.39, 0.29) is 12.2 Å². The van der Waals surface area contributed by atoms with Crippen molar-refractivity contribution in [3.05, 3.63) is 76.2 Å². The molecule has 0 aliphatic carbocycles. The van der Waals surface area contributed by atoms with Crippen LogP contribution < -0.4 is 5.32 Å². The van der Waals surface area contributed by atoms with E-state index in [1.807, 2.05) is 32.0 Å². The van der Waals surface area contributed by atoms with Crippen molar-refractivity contribution >= 4 is 18.0 Å². The number of carbonyl (C=O) groups is 2. The van der Waals surface area contributed by atoms with Gasteiger partial charge in [-0.15, -0.1) is 0 Å². The number of hydrogen-bond donors (Lipinski definition) is 1. The van der Waals surface area contributed by atoms with Crippen molar-refractivity contribution in [2.24, 2.45) is 0 Å². The predicted molar refractivity (Wildman–Crippen MR) is 89.4 cm³/mol. The molecule has 1 aliphatic heterocycles. The first-order valence-corrected chi connectivity index (χ1v) is 7.61. The zero-order chi connectivity index (χ0) is 17.3. The van der Waals surface area contributed by atoms with Crippen molar-refractivity contribution < 1.29 is 14.0 Å². The smallest absolute Gasteiger partial charge is 0.303 e. The maximum absolute atomic E-state index is 13.8. The van der Waals surface area contributed by atoms with E-state index >= 15 is 0 Å². The first-order valence-electron chi connectivity index (χ1n) is 7.61. The molecule has 1 saturated heterocycles. The summed E-state index contributed by atoms with van der Waals surface area (Å²) in [6.07, 6.45) is 1.67. The Bertz CT molecular complexity index is 838. The highest BCUT2D eigenvalue weighted by Gasteiger charge is 2.34. The van der Waals surface area contributed by atoms with Crippen molar-refractivity contribution in [1.82, 2.24) is 10.2 Å². The van der Waals surface area contributed by atoms with Gasteiger partial charge in [-0.25, -0.2) is 9.18 Å². The normalized spacial score (nSPS) is 16.0. The Morgan fingerprint density at radius 1 is 1.04 bits per heavy atom. The number of benzene rings is 2. The number of halogens is 1. The SMILES string of the molecule is Cc1cccc(C)c1C=C1NC(=O)N(Cc2ccccc2F)C1=O. The summed E-state index contributed by atoms with van der Waals surface area (Å²) in [7, 11) is 0. The third-order valence-corrected chi connectivity index (χ3v) is 4.08. The summed E-state index contributed by atoms with van der Waals surface area (Å²) in [5.41, 5.74) is 3.42. The molecule has 3 rings (SSSR count). The maximum atomic E-state index is 13.8. The second kappa shape index (κ2) is 6.28. The molecule has 0 radical (unpaired) electrons. The highest BCUT2D eigenvalue weighted by molar-refractivity contribution is 6.14. The van der Waals surface area contributed by atoms with Gasteiger partial charge in [0.25, 0.3) is 5.91 Å². The highest BCUT2D eigenvalue weighted by Crippen LogP contribution is 2.21. The molecule has 2 aromatic rings. The minimum absolute atomic E-state index is 0.0958. The number of hydrogen-bond acceptors (Lipinski definition) is 2. The zero-order valence-electron chi connectivity index (χ0n) is 13.5. The average Bonchev–Trinajstić information content (AvgIpc) is 2.80. The lowest BCUT2D eigenvalue weighted by atomic mass is 10.0. The van der Waals surface area contributed by atoms with Gasteiger partial charge in [-0.05, 0) is 42.7 Å². The lowest BCUT2D eigenvalue weighted by molar-refractivity contribution is -0.123. The minimum Gasteiger partial charge on any atom is -0.303 e. The van der Waals surface area contributed by atoms with E-state index in [0.29, 0.717) is 5.56 Å². The monoisotopic (exact) mass is 324 g/mol. The average molecular weight is 324 g/mol. The van der Waals surface area contributed by atoms with Gasteiger partial charge in [0.2, 0.25) is 0 Å². The molecule has 2 aromatic carbocycles. The summed E-state index contributed by atoms with van der Waals surface area (Å²) >= 11 is 0. The van der Waals surface area contributed by atoms with E-state index in [1.54, 1.807) is 24.3 Å². The third kappa shape index (κ3) is 2.93. The van der Waals surface area contributed by atoms with E-state index in [0.717, 1.165) is 21.6 Å². The summed E-state index contributed by atoms with van der Waals surface area (Å²) < 4.78 is 13.8. The summed E-state index contributed by atoms with van der Waals surface area (Å²) in [5.74, 6) is -0.892. The Hall–Kier alpha value is -2.95. The number of aryl methyl sites for hydroxylation is 2. The molecule has 122 valence electrons. The molecule has 0 spiro atoms. The van der Waals surface area contributed by atoms with Gasteiger partial charge in [-0.2, -0.15) is 0 Å². The van der Waals surface area contributed by atoms with Gasteiger partial charge in [0.1, 0.15) is 11.5 Å². The van der Waals surface area contributed by atoms with Crippen LogP contribution in [0.3, 0.4) is 0 Å². The molecule has 1 N–H and O–H groups in total. The second-order valence-corrected chi connectivity index (χ2v) is 5.78. The lowest BCUT2D eigenvalue weighted by Gasteiger charge is -2.12. The van der Waals surface area contributed by atoms with Crippen LogP contribution in [0.25, 0.3) is 6.08 Å². The van der Waals surface area contributed by atoms with Crippen LogP contribution in [-0.4, -0.2) is 16.8 Å². The molecular weight excluding hydrogens is 307 g/mol. The number of amides is 3. The van der Waals surface area contributed by atoms with Gasteiger partial charge in [0, 0.05) is 5.56 Å². The van der Waals surface area contributed by atoms with Crippen molar-refractivity contribution in [3.63, 3.8) is 0 Å². The summed E-state index contributed by atoms with van der Waals surface area (Å²) in [6.45, 7) is 3.79. The van der Waals surface area contributed by atoms with Crippen LogP contribution in [0.1, 0.15) is 22.3 Å². The fraction of sp³-hybridized carbons (Fsp3) is 0.158. The van der Waals surface area contributed by atoms with Crippen molar-refractivity contribution in [2.45, 2.75) is 20.4 Å². The molecule has 24 heavy (non-hydrogen) atoms. The van der Waals surface area contributed by atoms with Gasteiger partial charge in [-0.1, -0.05) is 36.4 Å². The van der Waals surface area contributed by atoms with Crippen LogP contribution in [0, 0.1) is 19.7 Å². The van der Waals surface area contributed by atoms with Gasteiger partial charge in [0.05, 0.1) is 6.54 Å². The zero-order valence-corrected chi connectivity index (χ0v) is 13.5. The van der Waals surface area contributed by atoms with Crippen molar-refractivity contribution in [3.8, 4) is 0 Å². The Labute approximate surface area is 139 Å². The largest absolute Gasteiger partial charge is 0.329 e. The molecule has 0 saturated carbocycles. The molecule has 1 heterocycles. The van der Waals surface area contributed by atoms with Crippen LogP contribution in [0.2, 0.25) is 0 Å². The van der Waals surface area contributed by atoms with Gasteiger partial charge in [-0.3, -0.25) is 9.69 Å². The lowest BCUT2D eigenvalue weighted by Crippen LogP contribution is -2.30. The van der Waals surface area contributed by atoms with E-state index in [1.165, 1.54) is 6.07 Å². The standard InChI is InChI=1S/C19H17FN2O2/c1-12-6-5-7-13(2)15(12)10-17-18(23)22(19(24)21-17)11-14-8-3-4-9-16(14)20/h3-10H,11H2,1-2H3,(H,21,24). The minimum atomic E-state index is -0.541. The first kappa shape index (κ1) is 15.9. The van der Waals surface area contributed by atoms with Crippen LogP contribution >= 0.6 is 0 Å². The molecule has 0 unspecified atom stereocenters. The molecule has 1 aliphatic rings. The van der Waals surface area contributed by atoms with Crippen LogP contribution in [0.4, 0.5) is 9.18 Å². The number of urea groups is 1. The molecule has 0 aromatic heterocycles. The second-order valence-electron chi connectivity index (χ2n) is 5.78. The Morgan fingerprint density at radius 3 is 2.38 bits per heavy atom. The molecule has 3 amide bonds. The summed E-state index contributed by atoms with van der Waals surface area (Å²) in [6, 6.07) is 11.4. The van der Waals surface area contributed by atoms with Crippen LogP contribution in [-0.2, 0) is 11.3 Å². The molecule has 5 heteroatoms. The highest BCUT2D eigenvalue weighted by atomic mass is 19.1. The van der Waals surface area contributed by atoms with E-state index < -0.39 is 17.8 Å². The molecular formula is C19H17FN2O2. The topological polar surface area (TPSA) is 49.4 Å². The molecule has 4 nitrogen and oxygen atoms in total. The third-order valence-electron chi connectivity index (χ3n) is 4.08. The Balaban J connectivity index is 1.89. The van der Waals surface area contributed by atoms with E-state index in [4.69, 9.17) is 0 Å². The maximum Gasteiger partial charge on any atom is 0.329 e. The molecule has 1 fully saturated rings. The van der Waals surface area contributed by atoms with Gasteiger partial charge >= 0.3 is 6.03 Å². The number of nitrogens with zero attached hydrogens (tertiary/aromatic N) is 1. The van der Waals surface area contributed by atoms with Crippen LogP contribution in [0.5, 0.6) is 0 Å². The quantitative estimate of drug-likeness (QED) is 0.693. The molecule has 0 bridgehead atoms. The van der Waals surface area contributed by atoms with Gasteiger partial charge < -0.3 is 5.32 Å². The number of carbonyl (C=O) groups excluding carboxylic acids is 2. The summed E-state index contributed by atoms with van der Waals surface area (Å²) in [4.78, 5) is 25.6. The number of nitrogens with one attached hydrogen (secondary N) is 1. The fourth-order valence-electron chi connectivity index (χ4n) is 2.71. The molecule has 0 atom stereocenters. The van der Waals surface area contributed by atoms with Crippen molar-refractivity contribution in [2.75, 3.05) is 0 Å². The van der Waals surface area contributed by atoms with Crippen molar-refractivity contribution in [1.29, 1.82) is 0 Å². The van der Waals surface area contributed by atoms with E-state index in [2.05, 4.69) is 5.32 Å². The predicted octanol–water partition coefficient (Wildman–Crippen LogP) is 3.54. The van der Waals surface area contributed by atoms with E-state index in [9.17, 15) is 14.0 Å². The fourth-order valence-corrected chi connectivity index (χ4v) is 2.71. The van der Waals surface area contributed by atoms with Crippen LogP contribution in [0.15, 0.2) is 48.2 Å².